The van der Waals surface area contributed by atoms with Crippen LogP contribution in [-0.2, 0) is 11.3 Å². The van der Waals surface area contributed by atoms with Crippen LogP contribution in [0.25, 0.3) is 6.08 Å². The number of nitro benzene ring substituents is 1. The second-order valence-corrected chi connectivity index (χ2v) is 5.15. The summed E-state index contributed by atoms with van der Waals surface area (Å²) in [7, 11) is 2.67. The molecule has 0 aliphatic carbocycles. The third-order valence-electron chi connectivity index (χ3n) is 3.51. The number of methoxy groups -OCH3 is 2. The number of halogens is 1. The van der Waals surface area contributed by atoms with Crippen LogP contribution in [0.2, 0.25) is 0 Å². The highest BCUT2D eigenvalue weighted by Crippen LogP contribution is 2.39. The summed E-state index contributed by atoms with van der Waals surface area (Å²) in [6, 6.07) is 10.3. The Labute approximate surface area is 144 Å². The summed E-state index contributed by atoms with van der Waals surface area (Å²) in [4.78, 5) is 10.7. The highest BCUT2D eigenvalue weighted by atomic mass is 19.1. The van der Waals surface area contributed by atoms with E-state index in [0.29, 0.717) is 5.76 Å². The van der Waals surface area contributed by atoms with Gasteiger partial charge in [-0.15, -0.1) is 0 Å². The number of allylic oxidation sites excluding steroid dienone is 1. The van der Waals surface area contributed by atoms with Crippen LogP contribution in [0, 0.1) is 15.9 Å². The molecule has 132 valence electrons. The van der Waals surface area contributed by atoms with E-state index in [2.05, 4.69) is 0 Å². The Morgan fingerprint density at radius 2 is 1.96 bits per heavy atom. The molecule has 2 aromatic rings. The molecule has 7 heteroatoms. The van der Waals surface area contributed by atoms with Gasteiger partial charge in [0.2, 0.25) is 0 Å². The Hall–Kier alpha value is -3.09. The average molecular weight is 347 g/mol. The number of ether oxygens (including phenoxy) is 3. The highest BCUT2D eigenvalue weighted by molar-refractivity contribution is 5.68. The van der Waals surface area contributed by atoms with Gasteiger partial charge >= 0.3 is 0 Å². The van der Waals surface area contributed by atoms with Crippen LogP contribution in [-0.4, -0.2) is 19.1 Å². The number of nitrogens with zero attached hydrogens (tertiary/aromatic N) is 1. The van der Waals surface area contributed by atoms with Gasteiger partial charge in [0.25, 0.3) is 5.69 Å². The van der Waals surface area contributed by atoms with Crippen LogP contribution in [0.1, 0.15) is 18.1 Å². The molecule has 0 spiro atoms. The minimum Gasteiger partial charge on any atom is -0.501 e. The zero-order chi connectivity index (χ0) is 18.4. The first-order valence-electron chi connectivity index (χ1n) is 7.41. The van der Waals surface area contributed by atoms with E-state index in [1.807, 2.05) is 30.3 Å². The lowest BCUT2D eigenvalue weighted by Gasteiger charge is -2.13. The van der Waals surface area contributed by atoms with E-state index >= 15 is 0 Å². The van der Waals surface area contributed by atoms with E-state index in [1.54, 1.807) is 6.92 Å². The summed E-state index contributed by atoms with van der Waals surface area (Å²) in [6.07, 6.45) is 1.25. The minimum absolute atomic E-state index is 0.0391. The second kappa shape index (κ2) is 8.14. The molecule has 0 heterocycles. The zero-order valence-corrected chi connectivity index (χ0v) is 14.1. The van der Waals surface area contributed by atoms with Gasteiger partial charge in [-0.2, -0.15) is 0 Å². The van der Waals surface area contributed by atoms with E-state index in [0.717, 1.165) is 11.6 Å². The van der Waals surface area contributed by atoms with Crippen molar-refractivity contribution in [3.63, 3.8) is 0 Å². The van der Waals surface area contributed by atoms with Crippen LogP contribution in [0.4, 0.5) is 10.1 Å². The van der Waals surface area contributed by atoms with Crippen molar-refractivity contribution < 1.29 is 23.5 Å². The fourth-order valence-corrected chi connectivity index (χ4v) is 2.19. The van der Waals surface area contributed by atoms with E-state index in [9.17, 15) is 14.5 Å². The molecular weight excluding hydrogens is 329 g/mol. The van der Waals surface area contributed by atoms with Crippen molar-refractivity contribution in [3.8, 4) is 11.5 Å². The van der Waals surface area contributed by atoms with Crippen LogP contribution < -0.4 is 9.47 Å². The van der Waals surface area contributed by atoms with Gasteiger partial charge in [-0.05, 0) is 18.6 Å². The molecule has 0 N–H and O–H groups in total. The second-order valence-electron chi connectivity index (χ2n) is 5.15. The fourth-order valence-electron chi connectivity index (χ4n) is 2.19. The molecule has 6 nitrogen and oxygen atoms in total. The molecule has 0 radical (unpaired) electrons. The maximum Gasteiger partial charge on any atom is 0.283 e. The third kappa shape index (κ3) is 4.26. The number of nitro groups is 1. The van der Waals surface area contributed by atoms with Crippen LogP contribution in [0.15, 0.2) is 42.2 Å². The van der Waals surface area contributed by atoms with Gasteiger partial charge in [0.1, 0.15) is 6.61 Å². The smallest absolute Gasteiger partial charge is 0.283 e. The van der Waals surface area contributed by atoms with E-state index in [4.69, 9.17) is 14.2 Å². The predicted molar refractivity (Wildman–Crippen MR) is 91.0 cm³/mol. The summed E-state index contributed by atoms with van der Waals surface area (Å²) in [6.45, 7) is 1.69. The van der Waals surface area contributed by atoms with Gasteiger partial charge in [0, 0.05) is 0 Å². The van der Waals surface area contributed by atoms with Crippen molar-refractivity contribution in [2.24, 2.45) is 0 Å². The lowest BCUT2D eigenvalue weighted by Crippen LogP contribution is -2.03. The standard InChI is InChI=1S/C18H18FNO5/c1-12(23-2)9-14-15(20(21)22)10-16(18(24-3)17(14)19)25-11-13-7-5-4-6-8-13/h4-10H,11H2,1-3H3. The third-order valence-corrected chi connectivity index (χ3v) is 3.51. The molecule has 0 unspecified atom stereocenters. The molecule has 0 amide bonds. The van der Waals surface area contributed by atoms with Crippen molar-refractivity contribution in [2.75, 3.05) is 14.2 Å². The van der Waals surface area contributed by atoms with Gasteiger partial charge in [0.05, 0.1) is 36.5 Å². The summed E-state index contributed by atoms with van der Waals surface area (Å²) in [5.41, 5.74) is 0.179. The first-order valence-corrected chi connectivity index (χ1v) is 7.41. The first kappa shape index (κ1) is 18.3. The molecule has 2 rings (SSSR count). The minimum atomic E-state index is -0.879. The molecule has 2 aromatic carbocycles. The van der Waals surface area contributed by atoms with Crippen molar-refractivity contribution >= 4 is 11.8 Å². The molecule has 0 bridgehead atoms. The molecule has 0 aliphatic heterocycles. The Kier molecular flexibility index (Phi) is 5.94. The largest absolute Gasteiger partial charge is 0.501 e. The quantitative estimate of drug-likeness (QED) is 0.423. The Balaban J connectivity index is 2.48. The Morgan fingerprint density at radius 1 is 1.28 bits per heavy atom. The van der Waals surface area contributed by atoms with Gasteiger partial charge in [-0.3, -0.25) is 10.1 Å². The molecule has 25 heavy (non-hydrogen) atoms. The van der Waals surface area contributed by atoms with Gasteiger partial charge < -0.3 is 14.2 Å². The SMILES string of the molecule is COC(C)=Cc1c([N+](=O)[O-])cc(OCc2ccccc2)c(OC)c1F. The predicted octanol–water partition coefficient (Wildman–Crippen LogP) is 4.33. The van der Waals surface area contributed by atoms with Gasteiger partial charge in [0.15, 0.2) is 17.3 Å². The number of rotatable bonds is 7. The lowest BCUT2D eigenvalue weighted by molar-refractivity contribution is -0.385. The first-order chi connectivity index (χ1) is 12.0. The molecular formula is C18H18FNO5. The Bertz CT molecular complexity index is 790. The summed E-state index contributed by atoms with van der Waals surface area (Å²) in [5, 5.41) is 11.3. The van der Waals surface area contributed by atoms with E-state index in [-0.39, 0.29) is 23.7 Å². The van der Waals surface area contributed by atoms with Crippen molar-refractivity contribution in [2.45, 2.75) is 13.5 Å². The van der Waals surface area contributed by atoms with E-state index < -0.39 is 16.4 Å². The zero-order valence-electron chi connectivity index (χ0n) is 14.1. The summed E-state index contributed by atoms with van der Waals surface area (Å²) < 4.78 is 30.3. The molecule has 0 aliphatic rings. The van der Waals surface area contributed by atoms with E-state index in [1.165, 1.54) is 20.3 Å². The van der Waals surface area contributed by atoms with Crippen LogP contribution >= 0.6 is 0 Å². The fraction of sp³-hybridized carbons (Fsp3) is 0.222. The van der Waals surface area contributed by atoms with Crippen molar-refractivity contribution in [1.82, 2.24) is 0 Å². The molecule has 0 saturated heterocycles. The normalized spacial score (nSPS) is 11.1. The molecule has 0 fully saturated rings. The van der Waals surface area contributed by atoms with Crippen molar-refractivity contribution in [1.29, 1.82) is 0 Å². The van der Waals surface area contributed by atoms with Crippen LogP contribution in [0.3, 0.4) is 0 Å². The topological polar surface area (TPSA) is 70.8 Å². The summed E-state index contributed by atoms with van der Waals surface area (Å²) >= 11 is 0. The Morgan fingerprint density at radius 3 is 2.52 bits per heavy atom. The maximum atomic E-state index is 14.8. The molecule has 0 saturated carbocycles. The maximum absolute atomic E-state index is 14.8. The monoisotopic (exact) mass is 347 g/mol. The van der Waals surface area contributed by atoms with Gasteiger partial charge in [-0.25, -0.2) is 4.39 Å². The number of benzene rings is 2. The molecule has 0 aromatic heterocycles. The lowest BCUT2D eigenvalue weighted by atomic mass is 10.1. The summed E-state index contributed by atoms with van der Waals surface area (Å²) in [5.74, 6) is -0.794. The van der Waals surface area contributed by atoms with Crippen molar-refractivity contribution in [3.05, 3.63) is 69.2 Å². The molecule has 0 atom stereocenters. The van der Waals surface area contributed by atoms with Crippen LogP contribution in [0.5, 0.6) is 11.5 Å². The number of hydrogen-bond donors (Lipinski definition) is 0. The number of hydrogen-bond acceptors (Lipinski definition) is 5. The average Bonchev–Trinajstić information content (AvgIpc) is 2.62. The van der Waals surface area contributed by atoms with Gasteiger partial charge in [-0.1, -0.05) is 30.3 Å². The highest BCUT2D eigenvalue weighted by Gasteiger charge is 2.26.